The lowest BCUT2D eigenvalue weighted by Gasteiger charge is -2.31. The predicted octanol–water partition coefficient (Wildman–Crippen LogP) is 0.623. The molecule has 2 fully saturated rings. The molecule has 8 heteroatoms. The maximum Gasteiger partial charge on any atom is 0.230 e. The lowest BCUT2D eigenvalue weighted by molar-refractivity contribution is -0.125. The minimum Gasteiger partial charge on any atom is -0.353 e. The zero-order valence-electron chi connectivity index (χ0n) is 14.5. The third-order valence-electron chi connectivity index (χ3n) is 4.34. The molecular formula is C17H28N4O3S. The zero-order valence-corrected chi connectivity index (χ0v) is 15.3. The van der Waals surface area contributed by atoms with Crippen molar-refractivity contribution in [3.05, 3.63) is 12.7 Å². The van der Waals surface area contributed by atoms with Gasteiger partial charge in [-0.05, 0) is 12.8 Å². The van der Waals surface area contributed by atoms with Gasteiger partial charge in [-0.1, -0.05) is 25.3 Å². The molecule has 140 valence electrons. The second kappa shape index (κ2) is 10.5. The van der Waals surface area contributed by atoms with Crippen molar-refractivity contribution in [1.29, 1.82) is 0 Å². The summed E-state index contributed by atoms with van der Waals surface area (Å²) in [6, 6.07) is 0.0644. The van der Waals surface area contributed by atoms with Crippen molar-refractivity contribution in [2.75, 3.05) is 12.3 Å². The van der Waals surface area contributed by atoms with Crippen LogP contribution in [0.5, 0.6) is 0 Å². The lowest BCUT2D eigenvalue weighted by atomic mass is 9.95. The second-order valence-electron chi connectivity index (χ2n) is 6.53. The first kappa shape index (κ1) is 19.8. The fourth-order valence-electron chi connectivity index (χ4n) is 3.12. The highest BCUT2D eigenvalue weighted by Crippen LogP contribution is 2.18. The molecule has 1 saturated heterocycles. The number of carbonyl (C=O) groups is 3. The van der Waals surface area contributed by atoms with Crippen LogP contribution in [0.1, 0.15) is 44.9 Å². The molecule has 0 aromatic rings. The van der Waals surface area contributed by atoms with Crippen LogP contribution in [0.4, 0.5) is 0 Å². The van der Waals surface area contributed by atoms with E-state index in [-0.39, 0.29) is 53.9 Å². The van der Waals surface area contributed by atoms with Crippen molar-refractivity contribution in [2.24, 2.45) is 0 Å². The summed E-state index contributed by atoms with van der Waals surface area (Å²) < 4.78 is 0. The van der Waals surface area contributed by atoms with Crippen LogP contribution >= 0.6 is 11.8 Å². The molecule has 2 unspecified atom stereocenters. The normalized spacial score (nSPS) is 24.2. The average molecular weight is 369 g/mol. The Labute approximate surface area is 153 Å². The van der Waals surface area contributed by atoms with Crippen LogP contribution in [0.15, 0.2) is 12.7 Å². The van der Waals surface area contributed by atoms with Crippen molar-refractivity contribution in [3.8, 4) is 0 Å². The van der Waals surface area contributed by atoms with Crippen LogP contribution in [0.3, 0.4) is 0 Å². The van der Waals surface area contributed by atoms with E-state index in [0.29, 0.717) is 6.54 Å². The molecule has 1 saturated carbocycles. The smallest absolute Gasteiger partial charge is 0.230 e. The Balaban J connectivity index is 1.71. The van der Waals surface area contributed by atoms with E-state index >= 15 is 0 Å². The number of hydrogen-bond donors (Lipinski definition) is 4. The summed E-state index contributed by atoms with van der Waals surface area (Å²) in [7, 11) is 0. The van der Waals surface area contributed by atoms with Crippen molar-refractivity contribution in [2.45, 2.75) is 62.5 Å². The van der Waals surface area contributed by atoms with Gasteiger partial charge in [0.15, 0.2) is 0 Å². The molecule has 0 bridgehead atoms. The highest BCUT2D eigenvalue weighted by Gasteiger charge is 2.28. The van der Waals surface area contributed by atoms with Gasteiger partial charge in [0, 0.05) is 31.5 Å². The summed E-state index contributed by atoms with van der Waals surface area (Å²) in [6.45, 7) is 3.96. The van der Waals surface area contributed by atoms with E-state index in [2.05, 4.69) is 27.8 Å². The first-order valence-electron chi connectivity index (χ1n) is 8.91. The van der Waals surface area contributed by atoms with E-state index in [9.17, 15) is 14.4 Å². The van der Waals surface area contributed by atoms with Gasteiger partial charge in [-0.15, -0.1) is 18.3 Å². The number of amides is 3. The zero-order chi connectivity index (χ0) is 18.1. The molecule has 3 amide bonds. The van der Waals surface area contributed by atoms with E-state index in [1.54, 1.807) is 6.08 Å². The Morgan fingerprint density at radius 3 is 2.72 bits per heavy atom. The molecule has 0 spiro atoms. The van der Waals surface area contributed by atoms with Gasteiger partial charge in [0.2, 0.25) is 17.7 Å². The van der Waals surface area contributed by atoms with E-state index < -0.39 is 0 Å². The third kappa shape index (κ3) is 7.48. The third-order valence-corrected chi connectivity index (χ3v) is 5.35. The minimum absolute atomic E-state index is 0.00111. The number of thioether (sulfide) groups is 1. The van der Waals surface area contributed by atoms with Crippen molar-refractivity contribution in [3.63, 3.8) is 0 Å². The first-order chi connectivity index (χ1) is 12.1. The SMILES string of the molecule is C=CCNC(=O)CC1CC(=O)NC(SCC(=O)NC2CCCCC2)N1. The standard InChI is InChI=1S/C17H28N4O3S/c1-2-8-18-14(22)9-13-10-15(23)21-17(20-13)25-11-16(24)19-12-6-4-3-5-7-12/h2,12-13,17,20H,1,3-11H2,(H,18,22)(H,19,24)(H,21,23). The molecule has 1 aliphatic heterocycles. The van der Waals surface area contributed by atoms with E-state index in [0.717, 1.165) is 12.8 Å². The largest absolute Gasteiger partial charge is 0.353 e. The maximum atomic E-state index is 12.1. The van der Waals surface area contributed by atoms with Crippen LogP contribution in [-0.4, -0.2) is 47.6 Å². The van der Waals surface area contributed by atoms with Gasteiger partial charge < -0.3 is 16.0 Å². The monoisotopic (exact) mass is 368 g/mol. The molecule has 0 aromatic carbocycles. The van der Waals surface area contributed by atoms with Crippen LogP contribution in [-0.2, 0) is 14.4 Å². The predicted molar refractivity (Wildman–Crippen MR) is 98.8 cm³/mol. The summed E-state index contributed by atoms with van der Waals surface area (Å²) in [5.74, 6) is 0.0549. The quantitative estimate of drug-likeness (QED) is 0.471. The minimum atomic E-state index is -0.351. The molecule has 2 rings (SSSR count). The Bertz CT molecular complexity index is 494. The van der Waals surface area contributed by atoms with Crippen LogP contribution < -0.4 is 21.3 Å². The fourth-order valence-corrected chi connectivity index (χ4v) is 4.03. The molecule has 2 aliphatic rings. The number of rotatable bonds is 8. The second-order valence-corrected chi connectivity index (χ2v) is 7.62. The number of carbonyl (C=O) groups excluding carboxylic acids is 3. The molecule has 1 aliphatic carbocycles. The molecule has 4 N–H and O–H groups in total. The van der Waals surface area contributed by atoms with Gasteiger partial charge in [0.25, 0.3) is 0 Å². The van der Waals surface area contributed by atoms with E-state index in [4.69, 9.17) is 0 Å². The Kier molecular flexibility index (Phi) is 8.27. The van der Waals surface area contributed by atoms with Crippen molar-refractivity contribution >= 4 is 29.5 Å². The Morgan fingerprint density at radius 1 is 1.24 bits per heavy atom. The molecule has 7 nitrogen and oxygen atoms in total. The molecule has 0 radical (unpaired) electrons. The Morgan fingerprint density at radius 2 is 2.00 bits per heavy atom. The average Bonchev–Trinajstić information content (AvgIpc) is 2.58. The van der Waals surface area contributed by atoms with Crippen molar-refractivity contribution in [1.82, 2.24) is 21.3 Å². The topological polar surface area (TPSA) is 99.3 Å². The number of hydrogen-bond acceptors (Lipinski definition) is 5. The van der Waals surface area contributed by atoms with E-state index in [1.807, 2.05) is 0 Å². The molecule has 2 atom stereocenters. The van der Waals surface area contributed by atoms with Crippen LogP contribution in [0, 0.1) is 0 Å². The fraction of sp³-hybridized carbons (Fsp3) is 0.706. The van der Waals surface area contributed by atoms with Crippen LogP contribution in [0.2, 0.25) is 0 Å². The summed E-state index contributed by atoms with van der Waals surface area (Å²) in [5.41, 5.74) is -0.351. The lowest BCUT2D eigenvalue weighted by Crippen LogP contribution is -2.56. The molecular weight excluding hydrogens is 340 g/mol. The van der Waals surface area contributed by atoms with Gasteiger partial charge in [-0.25, -0.2) is 0 Å². The maximum absolute atomic E-state index is 12.1. The van der Waals surface area contributed by atoms with Crippen LogP contribution in [0.25, 0.3) is 0 Å². The first-order valence-corrected chi connectivity index (χ1v) is 9.95. The molecule has 0 aromatic heterocycles. The van der Waals surface area contributed by atoms with E-state index in [1.165, 1.54) is 31.0 Å². The summed E-state index contributed by atoms with van der Waals surface area (Å²) in [4.78, 5) is 35.7. The summed E-state index contributed by atoms with van der Waals surface area (Å²) in [5, 5.41) is 11.8. The summed E-state index contributed by atoms with van der Waals surface area (Å²) >= 11 is 1.34. The van der Waals surface area contributed by atoms with Crippen molar-refractivity contribution < 1.29 is 14.4 Å². The highest BCUT2D eigenvalue weighted by atomic mass is 32.2. The highest BCUT2D eigenvalue weighted by molar-refractivity contribution is 8.00. The number of nitrogens with one attached hydrogen (secondary N) is 4. The molecule has 25 heavy (non-hydrogen) atoms. The Hall–Kier alpha value is -1.54. The van der Waals surface area contributed by atoms with Gasteiger partial charge in [0.05, 0.1) is 5.75 Å². The van der Waals surface area contributed by atoms with Gasteiger partial charge in [-0.3, -0.25) is 19.7 Å². The van der Waals surface area contributed by atoms with Gasteiger partial charge in [-0.2, -0.15) is 0 Å². The summed E-state index contributed by atoms with van der Waals surface area (Å²) in [6.07, 6.45) is 7.80. The van der Waals surface area contributed by atoms with Gasteiger partial charge in [0.1, 0.15) is 5.50 Å². The van der Waals surface area contributed by atoms with Gasteiger partial charge >= 0.3 is 0 Å². The molecule has 1 heterocycles.